The predicted octanol–water partition coefficient (Wildman–Crippen LogP) is 6.15. The first-order valence-electron chi connectivity index (χ1n) is 9.63. The molecule has 1 aromatic heterocycles. The van der Waals surface area contributed by atoms with E-state index in [1.807, 2.05) is 35.2 Å². The normalized spacial score (nSPS) is 11.0. The third-order valence-corrected chi connectivity index (χ3v) is 6.84. The van der Waals surface area contributed by atoms with Gasteiger partial charge in [0.25, 0.3) is 0 Å². The number of aromatic nitrogens is 1. The molecule has 1 heterocycles. The molecule has 0 saturated carbocycles. The van der Waals surface area contributed by atoms with Crippen LogP contribution in [0.2, 0.25) is 5.02 Å². The number of para-hydroxylation sites is 1. The van der Waals surface area contributed by atoms with Crippen molar-refractivity contribution in [2.24, 2.45) is 0 Å². The molecule has 0 unspecified atom stereocenters. The van der Waals surface area contributed by atoms with Crippen LogP contribution in [0.5, 0.6) is 0 Å². The summed E-state index contributed by atoms with van der Waals surface area (Å²) >= 11 is 9.21. The molecule has 2 aromatic carbocycles. The SMILES string of the molecule is Cc1cccc2sc(N(CCCN(C)C)C(=O)CCSc3ccc(Cl)cc3)nc12.Cl. The monoisotopic (exact) mass is 483 g/mol. The standard InChI is InChI=1S/C22H26ClN3OS2.ClH/c1-16-6-4-7-19-21(16)24-22(29-19)26(14-5-13-25(2)3)20(27)12-15-28-18-10-8-17(23)9-11-18;/h4,6-11H,5,12-15H2,1-3H3;1H. The number of anilines is 1. The number of amides is 1. The van der Waals surface area contributed by atoms with E-state index in [4.69, 9.17) is 16.6 Å². The van der Waals surface area contributed by atoms with Gasteiger partial charge >= 0.3 is 0 Å². The zero-order valence-electron chi connectivity index (χ0n) is 17.4. The number of hydrogen-bond acceptors (Lipinski definition) is 5. The fraction of sp³-hybridized carbons (Fsp3) is 0.364. The van der Waals surface area contributed by atoms with E-state index in [2.05, 4.69) is 38.1 Å². The van der Waals surface area contributed by atoms with Crippen molar-refractivity contribution in [2.75, 3.05) is 37.8 Å². The number of thiazole rings is 1. The average Bonchev–Trinajstić information content (AvgIpc) is 3.12. The molecule has 8 heteroatoms. The molecule has 0 spiro atoms. The van der Waals surface area contributed by atoms with Gasteiger partial charge in [0, 0.05) is 28.6 Å². The Morgan fingerprint density at radius 3 is 2.53 bits per heavy atom. The molecule has 4 nitrogen and oxygen atoms in total. The fourth-order valence-electron chi connectivity index (χ4n) is 2.98. The Bertz CT molecular complexity index is 961. The summed E-state index contributed by atoms with van der Waals surface area (Å²) in [5.41, 5.74) is 2.14. The van der Waals surface area contributed by atoms with Crippen LogP contribution < -0.4 is 4.90 Å². The van der Waals surface area contributed by atoms with Gasteiger partial charge in [0.2, 0.25) is 5.91 Å². The molecule has 3 rings (SSSR count). The van der Waals surface area contributed by atoms with E-state index in [1.54, 1.807) is 23.1 Å². The van der Waals surface area contributed by atoms with Gasteiger partial charge in [-0.25, -0.2) is 4.98 Å². The van der Waals surface area contributed by atoms with Crippen molar-refractivity contribution in [3.05, 3.63) is 53.1 Å². The summed E-state index contributed by atoms with van der Waals surface area (Å²) in [6.45, 7) is 3.68. The summed E-state index contributed by atoms with van der Waals surface area (Å²) < 4.78 is 1.13. The van der Waals surface area contributed by atoms with E-state index >= 15 is 0 Å². The van der Waals surface area contributed by atoms with Gasteiger partial charge in [-0.2, -0.15) is 0 Å². The minimum absolute atomic E-state index is 0. The topological polar surface area (TPSA) is 36.4 Å². The first kappa shape index (κ1) is 25.0. The van der Waals surface area contributed by atoms with Gasteiger partial charge in [-0.1, -0.05) is 35.1 Å². The molecule has 0 bridgehead atoms. The lowest BCUT2D eigenvalue weighted by atomic mass is 10.2. The molecule has 3 aromatic rings. The van der Waals surface area contributed by atoms with Crippen molar-refractivity contribution >= 4 is 68.4 Å². The highest BCUT2D eigenvalue weighted by Gasteiger charge is 2.20. The van der Waals surface area contributed by atoms with Crippen LogP contribution in [0.3, 0.4) is 0 Å². The molecule has 0 N–H and O–H groups in total. The van der Waals surface area contributed by atoms with Crippen molar-refractivity contribution in [3.8, 4) is 0 Å². The first-order valence-corrected chi connectivity index (χ1v) is 11.8. The number of thioether (sulfide) groups is 1. The minimum atomic E-state index is 0. The number of carbonyl (C=O) groups is 1. The highest BCUT2D eigenvalue weighted by Crippen LogP contribution is 2.31. The summed E-state index contributed by atoms with van der Waals surface area (Å²) in [7, 11) is 4.10. The first-order chi connectivity index (χ1) is 13.9. The van der Waals surface area contributed by atoms with Crippen LogP contribution in [0.1, 0.15) is 18.4 Å². The molecule has 30 heavy (non-hydrogen) atoms. The van der Waals surface area contributed by atoms with Crippen molar-refractivity contribution < 1.29 is 4.79 Å². The summed E-state index contributed by atoms with van der Waals surface area (Å²) in [6.07, 6.45) is 1.39. The number of halogens is 2. The highest BCUT2D eigenvalue weighted by atomic mass is 35.5. The van der Waals surface area contributed by atoms with Gasteiger partial charge in [-0.3, -0.25) is 9.69 Å². The molecular weight excluding hydrogens is 457 g/mol. The zero-order valence-corrected chi connectivity index (χ0v) is 20.6. The van der Waals surface area contributed by atoms with Gasteiger partial charge in [0.15, 0.2) is 5.13 Å². The van der Waals surface area contributed by atoms with Crippen molar-refractivity contribution in [1.29, 1.82) is 0 Å². The third kappa shape index (κ3) is 6.86. The van der Waals surface area contributed by atoms with Crippen molar-refractivity contribution in [3.63, 3.8) is 0 Å². The number of fused-ring (bicyclic) bond motifs is 1. The molecule has 0 atom stereocenters. The van der Waals surface area contributed by atoms with Crippen LogP contribution in [0.4, 0.5) is 5.13 Å². The lowest BCUT2D eigenvalue weighted by molar-refractivity contribution is -0.118. The summed E-state index contributed by atoms with van der Waals surface area (Å²) in [6, 6.07) is 13.9. The third-order valence-electron chi connectivity index (χ3n) is 4.53. The highest BCUT2D eigenvalue weighted by molar-refractivity contribution is 7.99. The Morgan fingerprint density at radius 1 is 1.13 bits per heavy atom. The van der Waals surface area contributed by atoms with Gasteiger partial charge in [0.05, 0.1) is 10.2 Å². The number of carbonyl (C=O) groups excluding carboxylic acids is 1. The van der Waals surface area contributed by atoms with Crippen LogP contribution in [0.15, 0.2) is 47.4 Å². The van der Waals surface area contributed by atoms with Gasteiger partial charge in [-0.05, 0) is 69.9 Å². The summed E-state index contributed by atoms with van der Waals surface area (Å²) in [5, 5.41) is 1.53. The summed E-state index contributed by atoms with van der Waals surface area (Å²) in [5.74, 6) is 0.858. The molecular formula is C22H27Cl2N3OS2. The van der Waals surface area contributed by atoms with E-state index in [1.165, 1.54) is 0 Å². The molecule has 0 fully saturated rings. The number of benzene rings is 2. The van der Waals surface area contributed by atoms with Crippen LogP contribution in [-0.2, 0) is 4.79 Å². The van der Waals surface area contributed by atoms with Crippen molar-refractivity contribution in [1.82, 2.24) is 9.88 Å². The Balaban J connectivity index is 0.00000320. The molecule has 0 aliphatic rings. The van der Waals surface area contributed by atoms with Crippen LogP contribution in [-0.4, -0.2) is 48.7 Å². The molecule has 162 valence electrons. The van der Waals surface area contributed by atoms with Crippen LogP contribution >= 0.6 is 47.1 Å². The number of rotatable bonds is 9. The molecule has 1 amide bonds. The minimum Gasteiger partial charge on any atom is -0.309 e. The van der Waals surface area contributed by atoms with Gasteiger partial charge in [-0.15, -0.1) is 24.2 Å². The molecule has 0 saturated heterocycles. The van der Waals surface area contributed by atoms with E-state index in [9.17, 15) is 4.79 Å². The van der Waals surface area contributed by atoms with E-state index in [0.717, 1.165) is 49.5 Å². The largest absolute Gasteiger partial charge is 0.309 e. The predicted molar refractivity (Wildman–Crippen MR) is 134 cm³/mol. The molecule has 0 aliphatic heterocycles. The van der Waals surface area contributed by atoms with E-state index < -0.39 is 0 Å². The second-order valence-electron chi connectivity index (χ2n) is 7.17. The van der Waals surface area contributed by atoms with Crippen molar-refractivity contribution in [2.45, 2.75) is 24.7 Å². The quantitative estimate of drug-likeness (QED) is 0.342. The Kier molecular flexibility index (Phi) is 9.91. The lowest BCUT2D eigenvalue weighted by Gasteiger charge is -2.21. The van der Waals surface area contributed by atoms with Gasteiger partial charge < -0.3 is 4.90 Å². The van der Waals surface area contributed by atoms with Crippen LogP contribution in [0, 0.1) is 6.92 Å². The second kappa shape index (κ2) is 11.9. The number of aryl methyl sites for hydroxylation is 1. The Morgan fingerprint density at radius 2 is 1.87 bits per heavy atom. The number of nitrogens with zero attached hydrogens (tertiary/aromatic N) is 3. The summed E-state index contributed by atoms with van der Waals surface area (Å²) in [4.78, 5) is 23.0. The second-order valence-corrected chi connectivity index (χ2v) is 9.79. The maximum absolute atomic E-state index is 13.1. The maximum atomic E-state index is 13.1. The molecule has 0 radical (unpaired) electrons. The Labute approximate surface area is 198 Å². The number of hydrogen-bond donors (Lipinski definition) is 0. The Hall–Kier alpha value is -1.31. The zero-order chi connectivity index (χ0) is 20.8. The fourth-order valence-corrected chi connectivity index (χ4v) is 5.04. The lowest BCUT2D eigenvalue weighted by Crippen LogP contribution is -2.33. The van der Waals surface area contributed by atoms with E-state index in [0.29, 0.717) is 13.0 Å². The maximum Gasteiger partial charge on any atom is 0.229 e. The van der Waals surface area contributed by atoms with E-state index in [-0.39, 0.29) is 18.3 Å². The van der Waals surface area contributed by atoms with Crippen LogP contribution in [0.25, 0.3) is 10.2 Å². The average molecular weight is 485 g/mol. The molecule has 0 aliphatic carbocycles. The smallest absolute Gasteiger partial charge is 0.229 e. The van der Waals surface area contributed by atoms with Gasteiger partial charge in [0.1, 0.15) is 0 Å².